The number of benzene rings is 2. The Hall–Kier alpha value is -3.15. The van der Waals surface area contributed by atoms with Gasteiger partial charge in [-0.15, -0.1) is 0 Å². The molecule has 0 fully saturated rings. The molecule has 0 radical (unpaired) electrons. The monoisotopic (exact) mass is 308 g/mol. The number of nitrogen functional groups attached to an aromatic ring is 1. The van der Waals surface area contributed by atoms with E-state index in [9.17, 15) is 0 Å². The number of hydrogen-bond donors (Lipinski definition) is 1. The Bertz CT molecular complexity index is 849. The van der Waals surface area contributed by atoms with Crippen LogP contribution >= 0.6 is 0 Å². The predicted molar refractivity (Wildman–Crippen MR) is 89.3 cm³/mol. The second kappa shape index (κ2) is 6.74. The van der Waals surface area contributed by atoms with E-state index in [-0.39, 0.29) is 5.82 Å². The fourth-order valence-corrected chi connectivity index (χ4v) is 2.21. The van der Waals surface area contributed by atoms with Crippen molar-refractivity contribution in [1.29, 1.82) is 0 Å². The molecule has 0 saturated carbocycles. The largest absolute Gasteiger partial charge is 0.472 e. The van der Waals surface area contributed by atoms with E-state index < -0.39 is 0 Å². The van der Waals surface area contributed by atoms with E-state index in [2.05, 4.69) is 44.2 Å². The second-order valence-corrected chi connectivity index (χ2v) is 4.86. The van der Waals surface area contributed by atoms with Crippen LogP contribution < -0.4 is 10.5 Å². The molecular formula is C17H16N4O2. The second-order valence-electron chi connectivity index (χ2n) is 4.86. The van der Waals surface area contributed by atoms with Gasteiger partial charge in [0.25, 0.3) is 0 Å². The smallest absolute Gasteiger partial charge is 0.228 e. The highest BCUT2D eigenvalue weighted by molar-refractivity contribution is 5.88. The van der Waals surface area contributed by atoms with Crippen molar-refractivity contribution in [3.05, 3.63) is 59.9 Å². The van der Waals surface area contributed by atoms with Crippen molar-refractivity contribution in [2.75, 3.05) is 12.8 Å². The Morgan fingerprint density at radius 1 is 1.13 bits per heavy atom. The van der Waals surface area contributed by atoms with Crippen LogP contribution in [0.5, 0.6) is 5.88 Å². The van der Waals surface area contributed by atoms with E-state index in [0.717, 1.165) is 10.9 Å². The molecule has 2 N–H and O–H groups in total. The zero-order valence-electron chi connectivity index (χ0n) is 12.6. The van der Waals surface area contributed by atoms with Gasteiger partial charge >= 0.3 is 0 Å². The molecular weight excluding hydrogens is 292 g/mol. The van der Waals surface area contributed by atoms with Gasteiger partial charge in [-0.1, -0.05) is 41.6 Å². The minimum absolute atomic E-state index is 0.286. The summed E-state index contributed by atoms with van der Waals surface area (Å²) in [6.07, 6.45) is 2.79. The average Bonchev–Trinajstić information content (AvgIpc) is 2.59. The maximum atomic E-state index is 5.83. The molecule has 2 aromatic carbocycles. The molecule has 3 rings (SSSR count). The van der Waals surface area contributed by atoms with Gasteiger partial charge in [-0.25, -0.2) is 9.97 Å². The summed E-state index contributed by atoms with van der Waals surface area (Å²) in [6, 6.07) is 14.3. The zero-order chi connectivity index (χ0) is 16.1. The van der Waals surface area contributed by atoms with Gasteiger partial charge in [0.2, 0.25) is 5.88 Å². The Kier molecular flexibility index (Phi) is 4.33. The zero-order valence-corrected chi connectivity index (χ0v) is 12.6. The number of nitrogens with two attached hydrogens (primary N) is 1. The minimum atomic E-state index is 0.286. The van der Waals surface area contributed by atoms with Crippen molar-refractivity contribution in [2.45, 2.75) is 6.61 Å². The molecule has 0 atom stereocenters. The molecule has 3 aromatic rings. The normalized spacial score (nSPS) is 11.0. The standard InChI is InChI=1S/C17H16N4O2/c1-22-21-9-15-16(18)19-11-20-17(15)23-10-12-6-7-13-4-2-3-5-14(13)8-12/h2-9,11H,10H2,1H3,(H2,18,19,20)/b21-9+. The van der Waals surface area contributed by atoms with Crippen LogP contribution in [0.3, 0.4) is 0 Å². The molecule has 1 aromatic heterocycles. The summed E-state index contributed by atoms with van der Waals surface area (Å²) >= 11 is 0. The Balaban J connectivity index is 1.82. The van der Waals surface area contributed by atoms with Gasteiger partial charge in [0.1, 0.15) is 31.4 Å². The summed E-state index contributed by atoms with van der Waals surface area (Å²) in [5.41, 5.74) is 7.36. The van der Waals surface area contributed by atoms with Gasteiger partial charge in [-0.05, 0) is 22.4 Å². The Labute approximate surface area is 133 Å². The molecule has 6 heteroatoms. The Morgan fingerprint density at radius 2 is 1.96 bits per heavy atom. The summed E-state index contributed by atoms with van der Waals surface area (Å²) in [5, 5.41) is 6.05. The van der Waals surface area contributed by atoms with Crippen LogP contribution in [0.25, 0.3) is 10.8 Å². The molecule has 1 heterocycles. The summed E-state index contributed by atoms with van der Waals surface area (Å²) in [5.74, 6) is 0.653. The number of hydrogen-bond acceptors (Lipinski definition) is 6. The van der Waals surface area contributed by atoms with Crippen molar-refractivity contribution in [2.24, 2.45) is 5.16 Å². The molecule has 23 heavy (non-hydrogen) atoms. The molecule has 0 bridgehead atoms. The van der Waals surface area contributed by atoms with Crippen LogP contribution in [0.1, 0.15) is 11.1 Å². The highest BCUT2D eigenvalue weighted by Gasteiger charge is 2.09. The maximum absolute atomic E-state index is 5.83. The van der Waals surface area contributed by atoms with Crippen LogP contribution in [-0.2, 0) is 11.4 Å². The van der Waals surface area contributed by atoms with Crippen LogP contribution in [0.2, 0.25) is 0 Å². The van der Waals surface area contributed by atoms with E-state index in [1.807, 2.05) is 18.2 Å². The first kappa shape index (κ1) is 14.8. The first-order valence-electron chi connectivity index (χ1n) is 7.05. The first-order valence-corrected chi connectivity index (χ1v) is 7.05. The van der Waals surface area contributed by atoms with E-state index in [0.29, 0.717) is 18.1 Å². The van der Waals surface area contributed by atoms with Crippen molar-refractivity contribution >= 4 is 22.8 Å². The molecule has 6 nitrogen and oxygen atoms in total. The van der Waals surface area contributed by atoms with E-state index in [1.165, 1.54) is 25.0 Å². The van der Waals surface area contributed by atoms with Crippen molar-refractivity contribution in [3.63, 3.8) is 0 Å². The van der Waals surface area contributed by atoms with Crippen LogP contribution in [0.15, 0.2) is 53.9 Å². The summed E-state index contributed by atoms with van der Waals surface area (Å²) < 4.78 is 5.77. The van der Waals surface area contributed by atoms with Gasteiger partial charge in [0, 0.05) is 0 Å². The summed E-state index contributed by atoms with van der Waals surface area (Å²) in [4.78, 5) is 12.7. The molecule has 0 saturated heterocycles. The molecule has 0 aliphatic rings. The third kappa shape index (κ3) is 3.37. The number of fused-ring (bicyclic) bond motifs is 1. The van der Waals surface area contributed by atoms with Crippen molar-refractivity contribution in [1.82, 2.24) is 9.97 Å². The fraction of sp³-hybridized carbons (Fsp3) is 0.118. The minimum Gasteiger partial charge on any atom is -0.472 e. The Morgan fingerprint density at radius 3 is 2.78 bits per heavy atom. The van der Waals surface area contributed by atoms with Crippen molar-refractivity contribution in [3.8, 4) is 5.88 Å². The molecule has 0 aliphatic heterocycles. The third-order valence-electron chi connectivity index (χ3n) is 3.35. The SMILES string of the molecule is CO/N=C/c1c(N)ncnc1OCc1ccc2ccccc2c1. The van der Waals surface area contributed by atoms with Gasteiger partial charge in [-0.3, -0.25) is 0 Å². The lowest BCUT2D eigenvalue weighted by molar-refractivity contribution is 0.215. The molecule has 0 unspecified atom stereocenters. The number of aromatic nitrogens is 2. The molecule has 0 aliphatic carbocycles. The van der Waals surface area contributed by atoms with Crippen molar-refractivity contribution < 1.29 is 9.57 Å². The summed E-state index contributed by atoms with van der Waals surface area (Å²) in [7, 11) is 1.45. The van der Waals surface area contributed by atoms with Gasteiger partial charge in [0.05, 0.1) is 6.21 Å². The number of oxime groups is 1. The summed E-state index contributed by atoms with van der Waals surface area (Å²) in [6.45, 7) is 0.370. The first-order chi connectivity index (χ1) is 11.3. The topological polar surface area (TPSA) is 82.6 Å². The van der Waals surface area contributed by atoms with Gasteiger partial charge in [0.15, 0.2) is 0 Å². The number of anilines is 1. The van der Waals surface area contributed by atoms with Crippen LogP contribution in [0, 0.1) is 0 Å². The van der Waals surface area contributed by atoms with E-state index in [1.54, 1.807) is 0 Å². The average molecular weight is 308 g/mol. The number of rotatable bonds is 5. The maximum Gasteiger partial charge on any atom is 0.228 e. The number of ether oxygens (including phenoxy) is 1. The number of nitrogens with zero attached hydrogens (tertiary/aromatic N) is 3. The highest BCUT2D eigenvalue weighted by atomic mass is 16.6. The van der Waals surface area contributed by atoms with Gasteiger partial charge < -0.3 is 15.3 Å². The predicted octanol–water partition coefficient (Wildman–Crippen LogP) is 2.77. The van der Waals surface area contributed by atoms with Gasteiger partial charge in [-0.2, -0.15) is 0 Å². The van der Waals surface area contributed by atoms with Crippen LogP contribution in [-0.4, -0.2) is 23.3 Å². The molecule has 0 spiro atoms. The van der Waals surface area contributed by atoms with E-state index in [4.69, 9.17) is 10.5 Å². The fourth-order valence-electron chi connectivity index (χ4n) is 2.21. The molecule has 116 valence electrons. The highest BCUT2D eigenvalue weighted by Crippen LogP contribution is 2.20. The lowest BCUT2D eigenvalue weighted by Gasteiger charge is -2.09. The van der Waals surface area contributed by atoms with E-state index >= 15 is 0 Å². The quantitative estimate of drug-likeness (QED) is 0.579. The molecule has 0 amide bonds. The third-order valence-corrected chi connectivity index (χ3v) is 3.35. The lowest BCUT2D eigenvalue weighted by Crippen LogP contribution is -2.05. The lowest BCUT2D eigenvalue weighted by atomic mass is 10.1. The van der Waals surface area contributed by atoms with Crippen LogP contribution in [0.4, 0.5) is 5.82 Å².